The molecule has 1 aliphatic carbocycles. The summed E-state index contributed by atoms with van der Waals surface area (Å²) in [4.78, 5) is 19.1. The van der Waals surface area contributed by atoms with Gasteiger partial charge in [0, 0.05) is 23.4 Å². The van der Waals surface area contributed by atoms with Gasteiger partial charge in [0.1, 0.15) is 11.6 Å². The zero-order valence-corrected chi connectivity index (χ0v) is 18.4. The first-order valence-electron chi connectivity index (χ1n) is 9.96. The molecule has 7 heteroatoms. The molecule has 0 amide bonds. The van der Waals surface area contributed by atoms with Crippen molar-refractivity contribution in [2.45, 2.75) is 51.2 Å². The number of H-pyrrole nitrogens is 2. The van der Waals surface area contributed by atoms with E-state index in [0.29, 0.717) is 6.04 Å². The molecule has 0 spiro atoms. The Morgan fingerprint density at radius 2 is 1.24 bits per heavy atom. The summed E-state index contributed by atoms with van der Waals surface area (Å²) in [5.74, 6) is 2.08. The summed E-state index contributed by atoms with van der Waals surface area (Å²) in [6, 6.07) is 17.1. The monoisotopic (exact) mass is 447 g/mol. The Bertz CT molecular complexity index is 911. The van der Waals surface area contributed by atoms with Crippen molar-refractivity contribution in [3.8, 4) is 0 Å². The van der Waals surface area contributed by atoms with Crippen LogP contribution in [0.25, 0.3) is 22.1 Å². The van der Waals surface area contributed by atoms with Gasteiger partial charge in [-0.15, -0.1) is 12.4 Å². The van der Waals surface area contributed by atoms with E-state index in [0.717, 1.165) is 46.8 Å². The van der Waals surface area contributed by atoms with E-state index >= 15 is 0 Å². The predicted octanol–water partition coefficient (Wildman–Crippen LogP) is 5.19. The number of rotatable bonds is 5. The molecular formula is C22H26ClCrN5. The third kappa shape index (κ3) is 4.84. The maximum Gasteiger partial charge on any atom is 0.121 e. The number of aromatic nitrogens is 4. The Kier molecular flexibility index (Phi) is 7.37. The zero-order chi connectivity index (χ0) is 18.1. The maximum atomic E-state index is 4.80. The van der Waals surface area contributed by atoms with Crippen LogP contribution in [0, 0.1) is 0 Å². The van der Waals surface area contributed by atoms with Crippen LogP contribution in [-0.4, -0.2) is 30.9 Å². The molecule has 0 radical (unpaired) electrons. The predicted molar refractivity (Wildman–Crippen MR) is 116 cm³/mol. The molecule has 5 rings (SSSR count). The van der Waals surface area contributed by atoms with Crippen LogP contribution in [0.4, 0.5) is 0 Å². The van der Waals surface area contributed by atoms with E-state index < -0.39 is 0 Å². The zero-order valence-electron chi connectivity index (χ0n) is 16.3. The van der Waals surface area contributed by atoms with Crippen molar-refractivity contribution in [1.82, 2.24) is 24.8 Å². The van der Waals surface area contributed by atoms with Gasteiger partial charge < -0.3 is 9.97 Å². The van der Waals surface area contributed by atoms with Gasteiger partial charge in [-0.25, -0.2) is 9.97 Å². The molecule has 2 aromatic heterocycles. The minimum absolute atomic E-state index is 0. The van der Waals surface area contributed by atoms with Gasteiger partial charge in [0.05, 0.1) is 35.2 Å². The molecule has 2 aromatic carbocycles. The molecule has 1 fully saturated rings. The second-order valence-electron chi connectivity index (χ2n) is 7.60. The number of nitrogens with zero attached hydrogens (tertiary/aromatic N) is 3. The second kappa shape index (κ2) is 9.78. The average molecular weight is 448 g/mol. The van der Waals surface area contributed by atoms with E-state index in [9.17, 15) is 0 Å². The number of para-hydroxylation sites is 4. The first kappa shape index (κ1) is 21.9. The molecule has 29 heavy (non-hydrogen) atoms. The van der Waals surface area contributed by atoms with E-state index in [2.05, 4.69) is 51.3 Å². The molecule has 1 aliphatic rings. The molecule has 1 saturated carbocycles. The summed E-state index contributed by atoms with van der Waals surface area (Å²) < 4.78 is 0. The Labute approximate surface area is 187 Å². The van der Waals surface area contributed by atoms with Crippen molar-refractivity contribution in [3.05, 3.63) is 60.2 Å². The van der Waals surface area contributed by atoms with Crippen LogP contribution >= 0.6 is 12.4 Å². The van der Waals surface area contributed by atoms with Crippen molar-refractivity contribution in [3.63, 3.8) is 0 Å². The van der Waals surface area contributed by atoms with E-state index in [1.54, 1.807) is 0 Å². The molecule has 0 saturated heterocycles. The van der Waals surface area contributed by atoms with E-state index in [-0.39, 0.29) is 29.8 Å². The number of imidazole rings is 2. The van der Waals surface area contributed by atoms with Gasteiger partial charge in [-0.05, 0) is 37.1 Å². The summed E-state index contributed by atoms with van der Waals surface area (Å²) in [5, 5.41) is 0. The summed E-state index contributed by atoms with van der Waals surface area (Å²) in [6.07, 6.45) is 6.53. The fraction of sp³-hybridized carbons (Fsp3) is 0.364. The van der Waals surface area contributed by atoms with Gasteiger partial charge in [0.25, 0.3) is 0 Å². The van der Waals surface area contributed by atoms with Crippen LogP contribution in [0.3, 0.4) is 0 Å². The topological polar surface area (TPSA) is 60.6 Å². The molecular weight excluding hydrogens is 422 g/mol. The van der Waals surface area contributed by atoms with Gasteiger partial charge in [-0.3, -0.25) is 4.90 Å². The fourth-order valence-corrected chi connectivity index (χ4v) is 4.31. The normalized spacial score (nSPS) is 14.8. The molecule has 4 aromatic rings. The fourth-order valence-electron chi connectivity index (χ4n) is 4.31. The second-order valence-corrected chi connectivity index (χ2v) is 7.60. The maximum absolute atomic E-state index is 4.80. The SMILES string of the molecule is Cl.[Cr].c1ccc2[nH]c(CN(Cc3nc4ccccc4[nH]3)C3CCCCC3)nc2c1. The molecule has 0 bridgehead atoms. The smallest absolute Gasteiger partial charge is 0.121 e. The molecule has 2 heterocycles. The Morgan fingerprint density at radius 3 is 1.72 bits per heavy atom. The molecule has 152 valence electrons. The quantitative estimate of drug-likeness (QED) is 0.442. The minimum atomic E-state index is 0. The first-order valence-corrected chi connectivity index (χ1v) is 9.96. The van der Waals surface area contributed by atoms with Gasteiger partial charge in [0.2, 0.25) is 0 Å². The van der Waals surface area contributed by atoms with Crippen molar-refractivity contribution in [2.24, 2.45) is 0 Å². The summed E-state index contributed by atoms with van der Waals surface area (Å²) in [7, 11) is 0. The first-order chi connectivity index (χ1) is 13.3. The number of nitrogens with one attached hydrogen (secondary N) is 2. The molecule has 2 N–H and O–H groups in total. The van der Waals surface area contributed by atoms with Crippen molar-refractivity contribution in [1.29, 1.82) is 0 Å². The molecule has 0 atom stereocenters. The van der Waals surface area contributed by atoms with E-state index in [1.165, 1.54) is 32.1 Å². The minimum Gasteiger partial charge on any atom is -0.341 e. The van der Waals surface area contributed by atoms with Gasteiger partial charge in [-0.2, -0.15) is 0 Å². The average Bonchev–Trinajstić information content (AvgIpc) is 3.30. The van der Waals surface area contributed by atoms with Crippen molar-refractivity contribution < 1.29 is 17.4 Å². The van der Waals surface area contributed by atoms with Crippen LogP contribution in [0.2, 0.25) is 0 Å². The molecule has 0 unspecified atom stereocenters. The van der Waals surface area contributed by atoms with Gasteiger partial charge in [0.15, 0.2) is 0 Å². The largest absolute Gasteiger partial charge is 0.341 e. The van der Waals surface area contributed by atoms with Crippen molar-refractivity contribution in [2.75, 3.05) is 0 Å². The van der Waals surface area contributed by atoms with Crippen LogP contribution in [0.5, 0.6) is 0 Å². The Balaban J connectivity index is 0.00000120. The molecule has 0 aliphatic heterocycles. The number of halogens is 1. The Hall–Kier alpha value is -1.84. The number of benzene rings is 2. The van der Waals surface area contributed by atoms with E-state index in [1.807, 2.05) is 12.1 Å². The van der Waals surface area contributed by atoms with Crippen molar-refractivity contribution >= 4 is 34.5 Å². The molecule has 5 nitrogen and oxygen atoms in total. The standard InChI is InChI=1S/C22H25N5.ClH.Cr/c1-2-8-16(9-3-1)27(14-21-23-17-10-4-5-11-18(17)24-21)15-22-25-19-12-6-7-13-20(19)26-22;;/h4-7,10-13,16H,1-3,8-9,14-15H2,(H,23,24)(H,25,26);1H;. The van der Waals surface area contributed by atoms with Gasteiger partial charge >= 0.3 is 0 Å². The number of hydrogen-bond donors (Lipinski definition) is 2. The third-order valence-corrected chi connectivity index (χ3v) is 5.67. The van der Waals surface area contributed by atoms with Crippen LogP contribution in [-0.2, 0) is 30.5 Å². The summed E-state index contributed by atoms with van der Waals surface area (Å²) >= 11 is 0. The number of aromatic amines is 2. The van der Waals surface area contributed by atoms with Crippen LogP contribution < -0.4 is 0 Å². The van der Waals surface area contributed by atoms with Gasteiger partial charge in [-0.1, -0.05) is 43.5 Å². The third-order valence-electron chi connectivity index (χ3n) is 5.67. The number of fused-ring (bicyclic) bond motifs is 2. The Morgan fingerprint density at radius 1 is 0.759 bits per heavy atom. The van der Waals surface area contributed by atoms with Crippen LogP contribution in [0.15, 0.2) is 48.5 Å². The summed E-state index contributed by atoms with van der Waals surface area (Å²) in [6.45, 7) is 1.66. The van der Waals surface area contributed by atoms with E-state index in [4.69, 9.17) is 9.97 Å². The van der Waals surface area contributed by atoms with Crippen LogP contribution in [0.1, 0.15) is 43.8 Å². The summed E-state index contributed by atoms with van der Waals surface area (Å²) in [5.41, 5.74) is 4.30. The number of hydrogen-bond acceptors (Lipinski definition) is 3.